The van der Waals surface area contributed by atoms with Crippen molar-refractivity contribution in [3.05, 3.63) is 41.6 Å². The second-order valence-electron chi connectivity index (χ2n) is 5.06. The van der Waals surface area contributed by atoms with Crippen molar-refractivity contribution < 1.29 is 27.5 Å². The van der Waals surface area contributed by atoms with Crippen molar-refractivity contribution in [1.82, 2.24) is 15.1 Å². The maximum absolute atomic E-state index is 12.2. The van der Waals surface area contributed by atoms with Crippen LogP contribution in [0.2, 0.25) is 0 Å². The van der Waals surface area contributed by atoms with Crippen LogP contribution in [0.1, 0.15) is 20.7 Å². The number of anilines is 1. The number of carbonyl (C=O) groups excluding carboxylic acids is 2. The molecule has 0 saturated heterocycles. The molecule has 2 rings (SSSR count). The summed E-state index contributed by atoms with van der Waals surface area (Å²) in [4.78, 5) is 23.8. The maximum atomic E-state index is 12.2. The quantitative estimate of drug-likeness (QED) is 0.858. The summed E-state index contributed by atoms with van der Waals surface area (Å²) >= 11 is 0. The summed E-state index contributed by atoms with van der Waals surface area (Å²) < 4.78 is 42.7. The average molecular weight is 356 g/mol. The Morgan fingerprint density at radius 1 is 1.20 bits per heavy atom. The molecule has 0 unspecified atom stereocenters. The lowest BCUT2D eigenvalue weighted by atomic mass is 10.2. The Morgan fingerprint density at radius 2 is 1.84 bits per heavy atom. The Kier molecular flexibility index (Phi) is 5.30. The van der Waals surface area contributed by atoms with E-state index in [1.807, 2.05) is 0 Å². The summed E-state index contributed by atoms with van der Waals surface area (Å²) in [5.74, 6) is -1.17. The van der Waals surface area contributed by atoms with Crippen molar-refractivity contribution >= 4 is 17.5 Å². The van der Waals surface area contributed by atoms with Gasteiger partial charge in [-0.05, 0) is 24.3 Å². The van der Waals surface area contributed by atoms with Crippen molar-refractivity contribution in [2.75, 3.05) is 19.0 Å². The number of aryl methyl sites for hydroxylation is 1. The number of benzene rings is 1. The minimum absolute atomic E-state index is 0.0428. The number of halogens is 3. The molecule has 134 valence electrons. The molecule has 0 saturated carbocycles. The molecule has 0 atom stereocenters. The number of rotatable bonds is 5. The Morgan fingerprint density at radius 3 is 2.40 bits per heavy atom. The predicted molar refractivity (Wildman–Crippen MR) is 82.5 cm³/mol. The van der Waals surface area contributed by atoms with Gasteiger partial charge >= 0.3 is 6.18 Å². The van der Waals surface area contributed by atoms with Crippen LogP contribution in [0.5, 0.6) is 5.88 Å². The van der Waals surface area contributed by atoms with E-state index in [-0.39, 0.29) is 17.0 Å². The number of hydrogen-bond acceptors (Lipinski definition) is 4. The SMILES string of the molecule is COc1nn(C)cc1C(=O)Nc1ccc(C(=O)NCC(F)(F)F)cc1. The molecule has 2 N–H and O–H groups in total. The molecule has 0 aliphatic carbocycles. The monoisotopic (exact) mass is 356 g/mol. The molecule has 25 heavy (non-hydrogen) atoms. The van der Waals surface area contributed by atoms with E-state index < -0.39 is 24.5 Å². The summed E-state index contributed by atoms with van der Waals surface area (Å²) in [6.07, 6.45) is -3.00. The third-order valence-electron chi connectivity index (χ3n) is 3.09. The first kappa shape index (κ1) is 18.3. The predicted octanol–water partition coefficient (Wildman–Crippen LogP) is 1.97. The van der Waals surface area contributed by atoms with E-state index >= 15 is 0 Å². The molecule has 1 aromatic carbocycles. The normalized spacial score (nSPS) is 11.1. The van der Waals surface area contributed by atoms with Crippen LogP contribution in [0.15, 0.2) is 30.5 Å². The molecule has 2 amide bonds. The summed E-state index contributed by atoms with van der Waals surface area (Å²) in [7, 11) is 3.02. The smallest absolute Gasteiger partial charge is 0.405 e. The summed E-state index contributed by atoms with van der Waals surface area (Å²) in [5, 5.41) is 8.31. The van der Waals surface area contributed by atoms with Gasteiger partial charge in [0.25, 0.3) is 11.8 Å². The molecule has 0 fully saturated rings. The Bertz CT molecular complexity index is 769. The number of aromatic nitrogens is 2. The molecule has 1 heterocycles. The zero-order valence-corrected chi connectivity index (χ0v) is 13.3. The van der Waals surface area contributed by atoms with Gasteiger partial charge in [-0.1, -0.05) is 0 Å². The third-order valence-corrected chi connectivity index (χ3v) is 3.09. The van der Waals surface area contributed by atoms with E-state index in [9.17, 15) is 22.8 Å². The number of nitrogens with zero attached hydrogens (tertiary/aromatic N) is 2. The number of amides is 2. The molecule has 1 aromatic heterocycles. The van der Waals surface area contributed by atoms with Crippen LogP contribution in [0.25, 0.3) is 0 Å². The van der Waals surface area contributed by atoms with Gasteiger partial charge in [0.1, 0.15) is 12.1 Å². The summed E-state index contributed by atoms with van der Waals surface area (Å²) in [6.45, 7) is -1.41. The van der Waals surface area contributed by atoms with Gasteiger partial charge < -0.3 is 15.4 Å². The van der Waals surface area contributed by atoms with Crippen LogP contribution in [0, 0.1) is 0 Å². The van der Waals surface area contributed by atoms with Crippen molar-refractivity contribution in [3.8, 4) is 5.88 Å². The van der Waals surface area contributed by atoms with Crippen LogP contribution in [0.3, 0.4) is 0 Å². The van der Waals surface area contributed by atoms with Gasteiger partial charge in [0, 0.05) is 24.5 Å². The van der Waals surface area contributed by atoms with Gasteiger partial charge in [0.05, 0.1) is 7.11 Å². The summed E-state index contributed by atoms with van der Waals surface area (Å²) in [5.41, 5.74) is 0.626. The van der Waals surface area contributed by atoms with E-state index in [0.717, 1.165) is 0 Å². The van der Waals surface area contributed by atoms with Crippen LogP contribution in [0.4, 0.5) is 18.9 Å². The zero-order chi connectivity index (χ0) is 18.6. The lowest BCUT2D eigenvalue weighted by Crippen LogP contribution is -2.33. The molecular weight excluding hydrogens is 341 g/mol. The van der Waals surface area contributed by atoms with Gasteiger partial charge in [-0.3, -0.25) is 14.3 Å². The highest BCUT2D eigenvalue weighted by Crippen LogP contribution is 2.18. The number of methoxy groups -OCH3 is 1. The van der Waals surface area contributed by atoms with Crippen molar-refractivity contribution in [2.45, 2.75) is 6.18 Å². The molecule has 10 heteroatoms. The maximum Gasteiger partial charge on any atom is 0.405 e. The van der Waals surface area contributed by atoms with Gasteiger partial charge in [-0.15, -0.1) is 5.10 Å². The molecular formula is C15H15F3N4O3. The molecule has 0 spiro atoms. The molecule has 0 radical (unpaired) electrons. The molecule has 0 aliphatic rings. The topological polar surface area (TPSA) is 85.2 Å². The Hall–Kier alpha value is -3.04. The highest BCUT2D eigenvalue weighted by atomic mass is 19.4. The van der Waals surface area contributed by atoms with Gasteiger partial charge in [-0.25, -0.2) is 0 Å². The molecule has 0 aliphatic heterocycles. The highest BCUT2D eigenvalue weighted by Gasteiger charge is 2.27. The first-order chi connectivity index (χ1) is 11.7. The standard InChI is InChI=1S/C15H15F3N4O3/c1-22-7-11(14(21-22)25-2)13(24)20-10-5-3-9(4-6-10)12(23)19-8-15(16,17)18/h3-7H,8H2,1-2H3,(H,19,23)(H,20,24). The van der Waals surface area contributed by atoms with E-state index in [0.29, 0.717) is 5.69 Å². The minimum Gasteiger partial charge on any atom is -0.479 e. The largest absolute Gasteiger partial charge is 0.479 e. The van der Waals surface area contributed by atoms with Crippen LogP contribution >= 0.6 is 0 Å². The first-order valence-corrected chi connectivity index (χ1v) is 7.03. The van der Waals surface area contributed by atoms with E-state index in [1.54, 1.807) is 12.4 Å². The Labute approximate surface area is 140 Å². The first-order valence-electron chi connectivity index (χ1n) is 7.03. The van der Waals surface area contributed by atoms with Crippen LogP contribution < -0.4 is 15.4 Å². The fraction of sp³-hybridized carbons (Fsp3) is 0.267. The third kappa shape index (κ3) is 4.96. The second-order valence-corrected chi connectivity index (χ2v) is 5.06. The van der Waals surface area contributed by atoms with Crippen molar-refractivity contribution in [2.24, 2.45) is 7.05 Å². The van der Waals surface area contributed by atoms with Crippen molar-refractivity contribution in [1.29, 1.82) is 0 Å². The molecule has 0 bridgehead atoms. The lowest BCUT2D eigenvalue weighted by Gasteiger charge is -2.09. The van der Waals surface area contributed by atoms with Crippen LogP contribution in [-0.4, -0.2) is 41.4 Å². The van der Waals surface area contributed by atoms with E-state index in [2.05, 4.69) is 10.4 Å². The number of alkyl halides is 3. The Balaban J connectivity index is 2.02. The number of nitrogens with one attached hydrogen (secondary N) is 2. The van der Waals surface area contributed by atoms with E-state index in [1.165, 1.54) is 42.3 Å². The molecule has 2 aromatic rings. The zero-order valence-electron chi connectivity index (χ0n) is 13.3. The number of carbonyl (C=O) groups is 2. The highest BCUT2D eigenvalue weighted by molar-refractivity contribution is 6.06. The van der Waals surface area contributed by atoms with E-state index in [4.69, 9.17) is 4.74 Å². The van der Waals surface area contributed by atoms with Crippen LogP contribution in [-0.2, 0) is 7.05 Å². The molecule has 7 nitrogen and oxygen atoms in total. The second kappa shape index (κ2) is 7.24. The van der Waals surface area contributed by atoms with Gasteiger partial charge in [0.15, 0.2) is 0 Å². The summed E-state index contributed by atoms with van der Waals surface area (Å²) in [6, 6.07) is 5.43. The number of hydrogen-bond donors (Lipinski definition) is 2. The fourth-order valence-electron chi connectivity index (χ4n) is 1.96. The van der Waals surface area contributed by atoms with Gasteiger partial charge in [0.2, 0.25) is 5.88 Å². The fourth-order valence-corrected chi connectivity index (χ4v) is 1.96. The minimum atomic E-state index is -4.48. The van der Waals surface area contributed by atoms with Crippen molar-refractivity contribution in [3.63, 3.8) is 0 Å². The average Bonchev–Trinajstić information content (AvgIpc) is 2.94. The lowest BCUT2D eigenvalue weighted by molar-refractivity contribution is -0.123. The number of ether oxygens (including phenoxy) is 1. The van der Waals surface area contributed by atoms with Gasteiger partial charge in [-0.2, -0.15) is 13.2 Å².